The number of carbonyl (C=O) groups is 2. The van der Waals surface area contributed by atoms with Crippen molar-refractivity contribution < 1.29 is 9.59 Å². The molecule has 27 heavy (non-hydrogen) atoms. The number of aryl methyl sites for hydroxylation is 2. The van der Waals surface area contributed by atoms with Gasteiger partial charge in [-0.25, -0.2) is 4.98 Å². The predicted octanol–water partition coefficient (Wildman–Crippen LogP) is 1.63. The highest BCUT2D eigenvalue weighted by molar-refractivity contribution is 6.03. The average molecular weight is 368 g/mol. The van der Waals surface area contributed by atoms with Crippen molar-refractivity contribution in [2.24, 2.45) is 7.05 Å². The Morgan fingerprint density at radius 3 is 2.70 bits per heavy atom. The lowest BCUT2D eigenvalue weighted by Gasteiger charge is -2.27. The van der Waals surface area contributed by atoms with Crippen LogP contribution >= 0.6 is 0 Å². The molecule has 1 aliphatic carbocycles. The van der Waals surface area contributed by atoms with E-state index >= 15 is 0 Å². The van der Waals surface area contributed by atoms with E-state index in [4.69, 9.17) is 0 Å². The maximum Gasteiger partial charge on any atom is 0.256 e. The zero-order valence-corrected chi connectivity index (χ0v) is 16.1. The Balaban J connectivity index is 1.64. The molecule has 2 aliphatic rings. The number of amides is 2. The molecule has 1 aliphatic heterocycles. The van der Waals surface area contributed by atoms with Gasteiger partial charge < -0.3 is 15.1 Å². The monoisotopic (exact) mass is 368 g/mol. The van der Waals surface area contributed by atoms with E-state index in [1.165, 1.54) is 0 Å². The standard InChI is InChI=1S/C19H24N6O2/c1-11-15(12(2)24(4)22-11)10-25(14-5-6-14)19(27)13-7-16-18(20-8-13)21-9-17(26)23(16)3/h7-8,14H,5-6,9-10H2,1-4H3,(H,20,21). The van der Waals surface area contributed by atoms with E-state index in [2.05, 4.69) is 15.4 Å². The highest BCUT2D eigenvalue weighted by Crippen LogP contribution is 2.33. The SMILES string of the molecule is Cc1nn(C)c(C)c1CN(C(=O)c1cnc2c(c1)N(C)C(=O)CN2)C1CC1. The number of hydrogen-bond donors (Lipinski definition) is 1. The van der Waals surface area contributed by atoms with Gasteiger partial charge in [-0.1, -0.05) is 0 Å². The molecule has 0 atom stereocenters. The van der Waals surface area contributed by atoms with Crippen LogP contribution in [0.4, 0.5) is 11.5 Å². The zero-order valence-electron chi connectivity index (χ0n) is 16.1. The van der Waals surface area contributed by atoms with Gasteiger partial charge in [0, 0.05) is 44.1 Å². The molecule has 2 aromatic heterocycles. The van der Waals surface area contributed by atoms with Crippen LogP contribution in [0, 0.1) is 13.8 Å². The summed E-state index contributed by atoms with van der Waals surface area (Å²) in [6.45, 7) is 4.76. The summed E-state index contributed by atoms with van der Waals surface area (Å²) in [6, 6.07) is 2.01. The van der Waals surface area contributed by atoms with Crippen LogP contribution in [0.3, 0.4) is 0 Å². The zero-order chi connectivity index (χ0) is 19.3. The van der Waals surface area contributed by atoms with Gasteiger partial charge in [0.05, 0.1) is 23.5 Å². The molecule has 8 nitrogen and oxygen atoms in total. The van der Waals surface area contributed by atoms with Crippen LogP contribution in [0.15, 0.2) is 12.3 Å². The number of hydrogen-bond acceptors (Lipinski definition) is 5. The largest absolute Gasteiger partial charge is 0.359 e. The van der Waals surface area contributed by atoms with Crippen LogP contribution < -0.4 is 10.2 Å². The first kappa shape index (κ1) is 17.5. The Morgan fingerprint density at radius 1 is 1.33 bits per heavy atom. The molecule has 4 rings (SSSR count). The molecule has 0 spiro atoms. The number of carbonyl (C=O) groups excluding carboxylic acids is 2. The minimum atomic E-state index is -0.0538. The van der Waals surface area contributed by atoms with E-state index in [1.54, 1.807) is 24.2 Å². The lowest BCUT2D eigenvalue weighted by Crippen LogP contribution is -2.38. The van der Waals surface area contributed by atoms with Crippen LogP contribution in [0.25, 0.3) is 0 Å². The molecule has 0 aromatic carbocycles. The minimum Gasteiger partial charge on any atom is -0.359 e. The number of nitrogens with one attached hydrogen (secondary N) is 1. The van der Waals surface area contributed by atoms with E-state index in [-0.39, 0.29) is 24.4 Å². The quantitative estimate of drug-likeness (QED) is 0.887. The van der Waals surface area contributed by atoms with Gasteiger partial charge in [-0.05, 0) is 32.8 Å². The van der Waals surface area contributed by atoms with Gasteiger partial charge in [0.2, 0.25) is 5.91 Å². The second kappa shape index (κ2) is 6.37. The van der Waals surface area contributed by atoms with Crippen molar-refractivity contribution in [3.63, 3.8) is 0 Å². The smallest absolute Gasteiger partial charge is 0.256 e. The number of fused-ring (bicyclic) bond motifs is 1. The van der Waals surface area contributed by atoms with E-state index in [0.29, 0.717) is 23.6 Å². The fourth-order valence-electron chi connectivity index (χ4n) is 3.51. The highest BCUT2D eigenvalue weighted by Gasteiger charge is 2.35. The van der Waals surface area contributed by atoms with Crippen molar-refractivity contribution in [2.45, 2.75) is 39.3 Å². The number of rotatable bonds is 4. The summed E-state index contributed by atoms with van der Waals surface area (Å²) in [5.41, 5.74) is 4.26. The van der Waals surface area contributed by atoms with Crippen LogP contribution in [0.1, 0.15) is 40.2 Å². The van der Waals surface area contributed by atoms with Crippen LogP contribution in [0.2, 0.25) is 0 Å². The summed E-state index contributed by atoms with van der Waals surface area (Å²) in [5, 5.41) is 7.46. The summed E-state index contributed by atoms with van der Waals surface area (Å²) >= 11 is 0. The lowest BCUT2D eigenvalue weighted by atomic mass is 10.1. The van der Waals surface area contributed by atoms with Crippen LogP contribution in [-0.2, 0) is 18.4 Å². The van der Waals surface area contributed by atoms with Crippen molar-refractivity contribution in [3.8, 4) is 0 Å². The second-order valence-corrected chi connectivity index (χ2v) is 7.34. The molecule has 2 amide bonds. The number of anilines is 2. The first-order valence-electron chi connectivity index (χ1n) is 9.17. The summed E-state index contributed by atoms with van der Waals surface area (Å²) in [7, 11) is 3.63. The Kier molecular flexibility index (Phi) is 4.13. The minimum absolute atomic E-state index is 0.0467. The van der Waals surface area contributed by atoms with Gasteiger partial charge in [-0.2, -0.15) is 5.10 Å². The van der Waals surface area contributed by atoms with Crippen molar-refractivity contribution in [1.82, 2.24) is 19.7 Å². The average Bonchev–Trinajstić information content (AvgIpc) is 3.45. The predicted molar refractivity (Wildman–Crippen MR) is 102 cm³/mol. The highest BCUT2D eigenvalue weighted by atomic mass is 16.2. The van der Waals surface area contributed by atoms with Crippen LogP contribution in [0.5, 0.6) is 0 Å². The normalized spacial score (nSPS) is 16.1. The molecular weight excluding hydrogens is 344 g/mol. The van der Waals surface area contributed by atoms with Gasteiger partial charge in [0.15, 0.2) is 0 Å². The van der Waals surface area contributed by atoms with E-state index in [0.717, 1.165) is 29.8 Å². The molecule has 2 aromatic rings. The molecule has 1 fully saturated rings. The number of pyridine rings is 1. The summed E-state index contributed by atoms with van der Waals surface area (Å²) < 4.78 is 1.85. The maximum absolute atomic E-state index is 13.3. The molecule has 1 N–H and O–H groups in total. The topological polar surface area (TPSA) is 83.4 Å². The third kappa shape index (κ3) is 3.05. The van der Waals surface area contributed by atoms with Gasteiger partial charge in [0.25, 0.3) is 5.91 Å². The van der Waals surface area contributed by atoms with Gasteiger partial charge >= 0.3 is 0 Å². The van der Waals surface area contributed by atoms with Crippen molar-refractivity contribution in [2.75, 3.05) is 23.8 Å². The molecule has 0 unspecified atom stereocenters. The maximum atomic E-state index is 13.3. The van der Waals surface area contributed by atoms with E-state index < -0.39 is 0 Å². The first-order valence-corrected chi connectivity index (χ1v) is 9.17. The van der Waals surface area contributed by atoms with Crippen LogP contribution in [-0.4, -0.2) is 51.1 Å². The molecular formula is C19H24N6O2. The number of aromatic nitrogens is 3. The fourth-order valence-corrected chi connectivity index (χ4v) is 3.51. The van der Waals surface area contributed by atoms with E-state index in [1.807, 2.05) is 30.5 Å². The fraction of sp³-hybridized carbons (Fsp3) is 0.474. The van der Waals surface area contributed by atoms with Crippen molar-refractivity contribution in [1.29, 1.82) is 0 Å². The summed E-state index contributed by atoms with van der Waals surface area (Å²) in [5.74, 6) is 0.530. The molecule has 142 valence electrons. The van der Waals surface area contributed by atoms with E-state index in [9.17, 15) is 9.59 Å². The Hall–Kier alpha value is -2.90. The second-order valence-electron chi connectivity index (χ2n) is 7.34. The molecule has 1 saturated carbocycles. The Bertz CT molecular complexity index is 931. The first-order chi connectivity index (χ1) is 12.9. The van der Waals surface area contributed by atoms with Gasteiger partial charge in [-0.3, -0.25) is 14.3 Å². The lowest BCUT2D eigenvalue weighted by molar-refractivity contribution is -0.116. The van der Waals surface area contributed by atoms with Crippen molar-refractivity contribution >= 4 is 23.3 Å². The van der Waals surface area contributed by atoms with Gasteiger partial charge in [-0.15, -0.1) is 0 Å². The third-order valence-corrected chi connectivity index (χ3v) is 5.49. The summed E-state index contributed by atoms with van der Waals surface area (Å²) in [4.78, 5) is 33.0. The molecule has 3 heterocycles. The summed E-state index contributed by atoms with van der Waals surface area (Å²) in [6.07, 6.45) is 3.63. The molecule has 0 saturated heterocycles. The number of nitrogens with zero attached hydrogens (tertiary/aromatic N) is 5. The molecule has 8 heteroatoms. The molecule has 0 radical (unpaired) electrons. The number of likely N-dealkylation sites (N-methyl/N-ethyl adjacent to an activating group) is 1. The Labute approximate surface area is 158 Å². The third-order valence-electron chi connectivity index (χ3n) is 5.49. The Morgan fingerprint density at radius 2 is 2.07 bits per heavy atom. The van der Waals surface area contributed by atoms with Gasteiger partial charge in [0.1, 0.15) is 5.82 Å². The van der Waals surface area contributed by atoms with Crippen molar-refractivity contribution in [3.05, 3.63) is 34.8 Å². The molecule has 0 bridgehead atoms.